The minimum absolute atomic E-state index is 0.581. The minimum atomic E-state index is 0.581. The van der Waals surface area contributed by atoms with Crippen molar-refractivity contribution in [2.45, 2.75) is 43.9 Å². The number of hydrogen-bond donors (Lipinski definition) is 1. The highest BCUT2D eigenvalue weighted by molar-refractivity contribution is 8.00. The SMILES string of the molecule is CCCNC(Cc1cn2ccsc2n1)C1CCCS1. The lowest BCUT2D eigenvalue weighted by Gasteiger charge is -2.23. The number of hydrogen-bond acceptors (Lipinski definition) is 4. The molecule has 2 unspecified atom stereocenters. The summed E-state index contributed by atoms with van der Waals surface area (Å²) in [6, 6.07) is 0.581. The average molecular weight is 295 g/mol. The van der Waals surface area contributed by atoms with Crippen LogP contribution in [-0.4, -0.2) is 33.0 Å². The van der Waals surface area contributed by atoms with Crippen molar-refractivity contribution >= 4 is 28.1 Å². The van der Waals surface area contributed by atoms with Crippen LogP contribution in [0.15, 0.2) is 17.8 Å². The van der Waals surface area contributed by atoms with E-state index in [0.29, 0.717) is 6.04 Å². The largest absolute Gasteiger partial charge is 0.312 e. The molecule has 1 saturated heterocycles. The van der Waals surface area contributed by atoms with Crippen molar-refractivity contribution < 1.29 is 0 Å². The Morgan fingerprint density at radius 3 is 3.26 bits per heavy atom. The van der Waals surface area contributed by atoms with Gasteiger partial charge in [-0.15, -0.1) is 11.3 Å². The van der Waals surface area contributed by atoms with Crippen molar-refractivity contribution in [3.63, 3.8) is 0 Å². The maximum absolute atomic E-state index is 4.72. The predicted octanol–water partition coefficient (Wildman–Crippen LogP) is 3.20. The zero-order valence-electron chi connectivity index (χ0n) is 11.3. The summed E-state index contributed by atoms with van der Waals surface area (Å²) in [6.07, 6.45) is 9.27. The molecule has 0 saturated carbocycles. The molecular weight excluding hydrogens is 274 g/mol. The number of imidazole rings is 1. The molecule has 104 valence electrons. The van der Waals surface area contributed by atoms with Crippen LogP contribution in [0, 0.1) is 0 Å². The number of rotatable bonds is 6. The molecule has 2 atom stereocenters. The molecule has 19 heavy (non-hydrogen) atoms. The van der Waals surface area contributed by atoms with Gasteiger partial charge in [0.2, 0.25) is 0 Å². The van der Waals surface area contributed by atoms with Crippen LogP contribution < -0.4 is 5.32 Å². The van der Waals surface area contributed by atoms with Gasteiger partial charge in [0.25, 0.3) is 0 Å². The van der Waals surface area contributed by atoms with Crippen LogP contribution in [0.25, 0.3) is 4.96 Å². The van der Waals surface area contributed by atoms with E-state index in [9.17, 15) is 0 Å². The van der Waals surface area contributed by atoms with E-state index in [1.54, 1.807) is 11.3 Å². The van der Waals surface area contributed by atoms with E-state index < -0.39 is 0 Å². The molecular formula is C14H21N3S2. The number of nitrogens with zero attached hydrogens (tertiary/aromatic N) is 2. The van der Waals surface area contributed by atoms with Gasteiger partial charge < -0.3 is 5.32 Å². The summed E-state index contributed by atoms with van der Waals surface area (Å²) in [6.45, 7) is 3.35. The highest BCUT2D eigenvalue weighted by Gasteiger charge is 2.26. The lowest BCUT2D eigenvalue weighted by atomic mass is 10.0. The normalized spacial score (nSPS) is 21.2. The van der Waals surface area contributed by atoms with Gasteiger partial charge in [-0.2, -0.15) is 11.8 Å². The number of thioether (sulfide) groups is 1. The fraction of sp³-hybridized carbons (Fsp3) is 0.643. The Bertz CT molecular complexity index is 485. The first-order valence-corrected chi connectivity index (χ1v) is 9.05. The van der Waals surface area contributed by atoms with Crippen LogP contribution in [-0.2, 0) is 6.42 Å². The second kappa shape index (κ2) is 6.29. The summed E-state index contributed by atoms with van der Waals surface area (Å²) in [7, 11) is 0. The molecule has 0 spiro atoms. The summed E-state index contributed by atoms with van der Waals surface area (Å²) in [5.41, 5.74) is 1.23. The third-order valence-electron chi connectivity index (χ3n) is 3.64. The third-order valence-corrected chi connectivity index (χ3v) is 5.93. The van der Waals surface area contributed by atoms with E-state index >= 15 is 0 Å². The van der Waals surface area contributed by atoms with Crippen LogP contribution >= 0.6 is 23.1 Å². The van der Waals surface area contributed by atoms with Crippen molar-refractivity contribution in [2.75, 3.05) is 12.3 Å². The van der Waals surface area contributed by atoms with Gasteiger partial charge in [0.05, 0.1) is 5.69 Å². The summed E-state index contributed by atoms with van der Waals surface area (Å²) in [5.74, 6) is 1.33. The van der Waals surface area contributed by atoms with Gasteiger partial charge in [0.1, 0.15) is 0 Å². The van der Waals surface area contributed by atoms with Crippen LogP contribution in [0.5, 0.6) is 0 Å². The van der Waals surface area contributed by atoms with E-state index in [4.69, 9.17) is 4.98 Å². The third kappa shape index (κ3) is 3.15. The molecule has 3 nitrogen and oxygen atoms in total. The number of thiazole rings is 1. The summed E-state index contributed by atoms with van der Waals surface area (Å²) < 4.78 is 2.14. The van der Waals surface area contributed by atoms with Gasteiger partial charge in [-0.1, -0.05) is 6.92 Å². The molecule has 1 N–H and O–H groups in total. The van der Waals surface area contributed by atoms with Crippen molar-refractivity contribution in [1.82, 2.24) is 14.7 Å². The maximum Gasteiger partial charge on any atom is 0.193 e. The first kappa shape index (κ1) is 13.5. The number of aromatic nitrogens is 2. The Labute approximate surface area is 122 Å². The zero-order valence-corrected chi connectivity index (χ0v) is 13.0. The average Bonchev–Trinajstić information content (AvgIpc) is 3.09. The van der Waals surface area contributed by atoms with E-state index in [1.807, 2.05) is 0 Å². The summed E-state index contributed by atoms with van der Waals surface area (Å²) in [4.78, 5) is 5.84. The van der Waals surface area contributed by atoms with E-state index in [2.05, 4.69) is 46.2 Å². The van der Waals surface area contributed by atoms with Crippen molar-refractivity contribution in [2.24, 2.45) is 0 Å². The first-order chi connectivity index (χ1) is 9.36. The molecule has 5 heteroatoms. The van der Waals surface area contributed by atoms with Crippen LogP contribution in [0.2, 0.25) is 0 Å². The molecule has 1 fully saturated rings. The minimum Gasteiger partial charge on any atom is -0.312 e. The van der Waals surface area contributed by atoms with Crippen LogP contribution in [0.4, 0.5) is 0 Å². The fourth-order valence-corrected chi connectivity index (χ4v) is 4.80. The highest BCUT2D eigenvalue weighted by Crippen LogP contribution is 2.30. The van der Waals surface area contributed by atoms with Gasteiger partial charge in [0, 0.05) is 35.5 Å². The molecule has 1 aliphatic heterocycles. The Kier molecular flexibility index (Phi) is 4.45. The Morgan fingerprint density at radius 2 is 2.53 bits per heavy atom. The molecule has 1 aliphatic rings. The van der Waals surface area contributed by atoms with Crippen molar-refractivity contribution in [1.29, 1.82) is 0 Å². The van der Waals surface area contributed by atoms with Crippen LogP contribution in [0.3, 0.4) is 0 Å². The summed E-state index contributed by atoms with van der Waals surface area (Å²) >= 11 is 3.85. The number of nitrogens with one attached hydrogen (secondary N) is 1. The molecule has 3 heterocycles. The van der Waals surface area contributed by atoms with E-state index in [0.717, 1.165) is 23.2 Å². The van der Waals surface area contributed by atoms with Crippen LogP contribution in [0.1, 0.15) is 31.9 Å². The predicted molar refractivity (Wildman–Crippen MR) is 84.3 cm³/mol. The van der Waals surface area contributed by atoms with Gasteiger partial charge in [-0.05, 0) is 31.6 Å². The van der Waals surface area contributed by atoms with E-state index in [1.165, 1.54) is 30.7 Å². The molecule has 0 aliphatic carbocycles. The molecule has 2 aromatic rings. The fourth-order valence-electron chi connectivity index (χ4n) is 2.68. The Balaban J connectivity index is 1.70. The molecule has 0 aromatic carbocycles. The molecule has 0 bridgehead atoms. The van der Waals surface area contributed by atoms with E-state index in [-0.39, 0.29) is 0 Å². The molecule has 0 amide bonds. The molecule has 2 aromatic heterocycles. The monoisotopic (exact) mass is 295 g/mol. The lowest BCUT2D eigenvalue weighted by Crippen LogP contribution is -2.39. The van der Waals surface area contributed by atoms with Gasteiger partial charge in [-0.25, -0.2) is 4.98 Å². The van der Waals surface area contributed by atoms with Gasteiger partial charge in [-0.3, -0.25) is 4.40 Å². The maximum atomic E-state index is 4.72. The topological polar surface area (TPSA) is 29.3 Å². The first-order valence-electron chi connectivity index (χ1n) is 7.13. The Morgan fingerprint density at radius 1 is 1.58 bits per heavy atom. The van der Waals surface area contributed by atoms with Crippen molar-refractivity contribution in [3.8, 4) is 0 Å². The highest BCUT2D eigenvalue weighted by atomic mass is 32.2. The standard InChI is InChI=1S/C14H21N3S2/c1-2-5-15-12(13-4-3-7-18-13)9-11-10-17-6-8-19-14(17)16-11/h6,8,10,12-13,15H,2-5,7,9H2,1H3. The van der Waals surface area contributed by atoms with Gasteiger partial charge in [0.15, 0.2) is 4.96 Å². The summed E-state index contributed by atoms with van der Waals surface area (Å²) in [5, 5.41) is 6.59. The number of fused-ring (bicyclic) bond motifs is 1. The lowest BCUT2D eigenvalue weighted by molar-refractivity contribution is 0.479. The second-order valence-corrected chi connectivity index (χ2v) is 7.36. The molecule has 3 rings (SSSR count). The van der Waals surface area contributed by atoms with Crippen molar-refractivity contribution in [3.05, 3.63) is 23.5 Å². The quantitative estimate of drug-likeness (QED) is 0.887. The Hall–Kier alpha value is -0.520. The van der Waals surface area contributed by atoms with Gasteiger partial charge >= 0.3 is 0 Å². The molecule has 0 radical (unpaired) electrons. The second-order valence-electron chi connectivity index (χ2n) is 5.14. The zero-order chi connectivity index (χ0) is 13.1. The smallest absolute Gasteiger partial charge is 0.193 e.